The van der Waals surface area contributed by atoms with Gasteiger partial charge in [0.05, 0.1) is 0 Å². The van der Waals surface area contributed by atoms with Crippen LogP contribution in [0.4, 0.5) is 61.1 Å². The van der Waals surface area contributed by atoms with Gasteiger partial charge in [0, 0.05) is 0 Å². The second-order valence-electron chi connectivity index (χ2n) is 4.26. The Balaban J connectivity index is 5.80. The molecule has 17 heteroatoms. The summed E-state index contributed by atoms with van der Waals surface area (Å²) in [5.41, 5.74) is 0. The summed E-state index contributed by atoms with van der Waals surface area (Å²) in [5, 5.41) is 0. The summed E-state index contributed by atoms with van der Waals surface area (Å²) in [6, 6.07) is 0. The van der Waals surface area contributed by atoms with E-state index >= 15 is 0 Å². The zero-order valence-corrected chi connectivity index (χ0v) is 11.6. The molecule has 148 valence electrons. The van der Waals surface area contributed by atoms with Crippen LogP contribution in [0, 0.1) is 0 Å². The van der Waals surface area contributed by atoms with Crippen LogP contribution in [0.2, 0.25) is 0 Å². The third-order valence-corrected chi connectivity index (χ3v) is 3.19. The van der Waals surface area contributed by atoms with Gasteiger partial charge in [0.1, 0.15) is 0 Å². The quantitative estimate of drug-likeness (QED) is 0.425. The fourth-order valence-corrected chi connectivity index (χ4v) is 2.53. The minimum atomic E-state index is -8.64. The van der Waals surface area contributed by atoms with Crippen molar-refractivity contribution < 1.29 is 70.1 Å². The average molecular weight is 418 g/mol. The summed E-state index contributed by atoms with van der Waals surface area (Å²) in [6.45, 7) is -1.12. The molecule has 0 atom stereocenters. The summed E-state index contributed by atoms with van der Waals surface area (Å²) in [5.74, 6) is 0. The molecule has 0 aromatic rings. The number of hydrogen-bond acceptors (Lipinski definition) is 2. The van der Waals surface area contributed by atoms with Crippen molar-refractivity contribution in [1.82, 2.24) is 0 Å². The predicted octanol–water partition coefficient (Wildman–Crippen LogP) is 5.79. The summed E-state index contributed by atoms with van der Waals surface area (Å²) in [6.07, 6.45) is -37.1. The first-order chi connectivity index (χ1) is 9.95. The molecule has 0 aromatic carbocycles. The van der Waals surface area contributed by atoms with Crippen LogP contribution >= 0.6 is 7.68 Å². The fraction of sp³-hybridized carbons (Fsp3) is 1.00. The van der Waals surface area contributed by atoms with Crippen LogP contribution in [-0.4, -0.2) is 43.6 Å². The Morgan fingerprint density at radius 2 is 0.708 bits per heavy atom. The van der Waals surface area contributed by atoms with Crippen molar-refractivity contribution in [1.29, 1.82) is 0 Å². The van der Waals surface area contributed by atoms with E-state index in [0.29, 0.717) is 0 Å². The second kappa shape index (κ2) is 5.97. The number of rotatable bonds is 4. The third-order valence-electron chi connectivity index (χ3n) is 1.86. The van der Waals surface area contributed by atoms with E-state index in [2.05, 4.69) is 9.05 Å². The van der Waals surface area contributed by atoms with E-state index in [1.807, 2.05) is 0 Å². The van der Waals surface area contributed by atoms with Gasteiger partial charge in [0.2, 0.25) is 0 Å². The van der Waals surface area contributed by atoms with Crippen LogP contribution in [0.15, 0.2) is 0 Å². The molecule has 0 radical (unpaired) electrons. The molecule has 0 spiro atoms. The predicted molar refractivity (Wildman–Crippen MR) is 49.0 cm³/mol. The van der Waals surface area contributed by atoms with Crippen molar-refractivity contribution in [3.05, 3.63) is 0 Å². The first-order valence-corrected chi connectivity index (χ1v) is 7.35. The Bertz CT molecular complexity index is 370. The molecule has 0 unspecified atom stereocenters. The molecule has 0 rings (SSSR count). The molecular formula is C7H5F14O2P. The molecule has 0 N–H and O–H groups in total. The molecule has 0 bridgehead atoms. The molecule has 0 heterocycles. The summed E-state index contributed by atoms with van der Waals surface area (Å²) in [7, 11) is -8.64. The molecule has 0 amide bonds. The average Bonchev–Trinajstić information content (AvgIpc) is 2.16. The molecule has 24 heavy (non-hydrogen) atoms. The summed E-state index contributed by atoms with van der Waals surface area (Å²) < 4.78 is 176. The van der Waals surface area contributed by atoms with Crippen LogP contribution in [-0.2, 0) is 9.05 Å². The molecule has 0 aliphatic rings. The van der Waals surface area contributed by atoms with E-state index in [4.69, 9.17) is 0 Å². The number of alkyl halides is 12. The maximum atomic E-state index is 13.4. The third kappa shape index (κ3) is 7.09. The molecular weight excluding hydrogens is 413 g/mol. The molecule has 0 aromatic heterocycles. The first kappa shape index (κ1) is 23.4. The molecule has 0 fully saturated rings. The molecule has 0 saturated heterocycles. The first-order valence-electron chi connectivity index (χ1n) is 5.04. The Morgan fingerprint density at radius 1 is 0.542 bits per heavy atom. The van der Waals surface area contributed by atoms with Crippen LogP contribution in [0.5, 0.6) is 0 Å². The van der Waals surface area contributed by atoms with Crippen molar-refractivity contribution in [2.45, 2.75) is 36.9 Å². The van der Waals surface area contributed by atoms with Crippen LogP contribution < -0.4 is 0 Å². The van der Waals surface area contributed by atoms with Gasteiger partial charge in [0.25, 0.3) is 0 Å². The number of halogens is 14. The van der Waals surface area contributed by atoms with Crippen molar-refractivity contribution in [2.24, 2.45) is 0 Å². The van der Waals surface area contributed by atoms with Crippen molar-refractivity contribution in [2.75, 3.05) is 6.66 Å². The summed E-state index contributed by atoms with van der Waals surface area (Å²) in [4.78, 5) is 0. The zero-order valence-electron chi connectivity index (χ0n) is 10.7. The van der Waals surface area contributed by atoms with Crippen molar-refractivity contribution >= 4 is 7.68 Å². The van der Waals surface area contributed by atoms with E-state index < -0.39 is 51.3 Å². The molecule has 0 saturated carbocycles. The standard InChI is InChI=1S/C7H5F14O2P/c1-24(20,21,22-2(4(8,9)10)5(11,12)13)23-3(6(14,15)16)7(17,18)19/h2-3H,1H3. The van der Waals surface area contributed by atoms with Crippen LogP contribution in [0.1, 0.15) is 0 Å². The van der Waals surface area contributed by atoms with E-state index in [1.165, 1.54) is 0 Å². The monoisotopic (exact) mass is 418 g/mol. The van der Waals surface area contributed by atoms with Gasteiger partial charge in [-0.1, -0.05) is 0 Å². The van der Waals surface area contributed by atoms with Gasteiger partial charge < -0.3 is 0 Å². The van der Waals surface area contributed by atoms with Crippen LogP contribution in [0.25, 0.3) is 0 Å². The molecule has 0 aliphatic carbocycles. The Hall–Kier alpha value is -0.630. The van der Waals surface area contributed by atoms with Crippen molar-refractivity contribution in [3.8, 4) is 0 Å². The van der Waals surface area contributed by atoms with E-state index in [1.54, 1.807) is 0 Å². The molecule has 2 nitrogen and oxygen atoms in total. The van der Waals surface area contributed by atoms with Gasteiger partial charge in [-0.2, -0.15) is 0 Å². The maximum absolute atomic E-state index is 13.4. The Kier molecular flexibility index (Phi) is 5.81. The number of hydrogen-bond donors (Lipinski definition) is 0. The van der Waals surface area contributed by atoms with Gasteiger partial charge in [0.15, 0.2) is 0 Å². The Morgan fingerprint density at radius 3 is 0.833 bits per heavy atom. The van der Waals surface area contributed by atoms with E-state index in [-0.39, 0.29) is 0 Å². The minimum absolute atomic E-state index is 1.12. The summed E-state index contributed by atoms with van der Waals surface area (Å²) >= 11 is 0. The normalized spacial score (nSPS) is 17.3. The Labute approximate surface area is 123 Å². The van der Waals surface area contributed by atoms with E-state index in [9.17, 15) is 61.1 Å². The van der Waals surface area contributed by atoms with E-state index in [0.717, 1.165) is 0 Å². The topological polar surface area (TPSA) is 18.5 Å². The SMILES string of the molecule is CP(F)(F)(OC(C(F)(F)F)C(F)(F)F)OC(C(F)(F)F)C(F)(F)F. The fourth-order valence-electron chi connectivity index (χ4n) is 1.09. The van der Waals surface area contributed by atoms with Crippen molar-refractivity contribution in [3.63, 3.8) is 0 Å². The second-order valence-corrected chi connectivity index (χ2v) is 6.91. The van der Waals surface area contributed by atoms with Crippen LogP contribution in [0.3, 0.4) is 0 Å². The zero-order chi connectivity index (χ0) is 20.0. The van der Waals surface area contributed by atoms with Gasteiger partial charge in [-0.3, -0.25) is 0 Å². The molecule has 0 aliphatic heterocycles. The van der Waals surface area contributed by atoms with Gasteiger partial charge in [-0.15, -0.1) is 0 Å². The van der Waals surface area contributed by atoms with Gasteiger partial charge in [-0.05, 0) is 0 Å². The van der Waals surface area contributed by atoms with Gasteiger partial charge >= 0.3 is 121 Å². The van der Waals surface area contributed by atoms with Gasteiger partial charge in [-0.25, -0.2) is 0 Å².